The lowest BCUT2D eigenvalue weighted by Gasteiger charge is -2.34. The van der Waals surface area contributed by atoms with Crippen LogP contribution in [-0.4, -0.2) is 71.0 Å². The number of aliphatic hydroxyl groups is 1. The quantitative estimate of drug-likeness (QED) is 0.631. The zero-order valence-corrected chi connectivity index (χ0v) is 19.5. The molecule has 1 aliphatic carbocycles. The minimum atomic E-state index is -0.877. The molecule has 2 saturated heterocycles. The number of anilines is 1. The summed E-state index contributed by atoms with van der Waals surface area (Å²) in [5.41, 5.74) is 0.983. The van der Waals surface area contributed by atoms with Gasteiger partial charge in [-0.2, -0.15) is 10.2 Å². The molecule has 3 aliphatic rings. The Kier molecular flexibility index (Phi) is 6.04. The summed E-state index contributed by atoms with van der Waals surface area (Å²) < 4.78 is 24.5. The van der Waals surface area contributed by atoms with Crippen molar-refractivity contribution in [2.45, 2.75) is 44.1 Å². The molecule has 0 saturated carbocycles. The number of hydrogen-bond acceptors (Lipinski definition) is 9. The molecule has 180 valence electrons. The van der Waals surface area contributed by atoms with Gasteiger partial charge in [0, 0.05) is 31.0 Å². The molecule has 0 radical (unpaired) electrons. The zero-order chi connectivity index (χ0) is 23.9. The van der Waals surface area contributed by atoms with E-state index in [1.54, 1.807) is 33.2 Å². The van der Waals surface area contributed by atoms with E-state index >= 15 is 0 Å². The van der Waals surface area contributed by atoms with Crippen LogP contribution in [0.1, 0.15) is 32.0 Å². The van der Waals surface area contributed by atoms with Gasteiger partial charge in [-0.1, -0.05) is 6.08 Å². The van der Waals surface area contributed by atoms with Crippen LogP contribution in [0.2, 0.25) is 0 Å². The molecule has 10 nitrogen and oxygen atoms in total. The van der Waals surface area contributed by atoms with Crippen molar-refractivity contribution in [1.82, 2.24) is 14.5 Å². The Hall–Kier alpha value is -2.97. The van der Waals surface area contributed by atoms with E-state index in [-0.39, 0.29) is 24.2 Å². The molecule has 4 heterocycles. The summed E-state index contributed by atoms with van der Waals surface area (Å²) in [6, 6.07) is 3.88. The number of rotatable bonds is 7. The van der Waals surface area contributed by atoms with Crippen molar-refractivity contribution >= 4 is 17.0 Å². The predicted octanol–water partition coefficient (Wildman–Crippen LogP) is 2.28. The Balaban J connectivity index is 1.48. The summed E-state index contributed by atoms with van der Waals surface area (Å²) in [4.78, 5) is 9.21. The molecular formula is C24H29N5O5. The highest BCUT2D eigenvalue weighted by Crippen LogP contribution is 2.34. The Labute approximate surface area is 197 Å². The molecular weight excluding hydrogens is 438 g/mol. The molecule has 34 heavy (non-hydrogen) atoms. The third-order valence-electron chi connectivity index (χ3n) is 6.60. The average Bonchev–Trinajstić information content (AvgIpc) is 3.39. The summed E-state index contributed by atoms with van der Waals surface area (Å²) in [7, 11) is 1.64. The van der Waals surface area contributed by atoms with Crippen LogP contribution in [0, 0.1) is 17.2 Å². The molecule has 2 N–H and O–H groups in total. The van der Waals surface area contributed by atoms with Gasteiger partial charge in [0.15, 0.2) is 0 Å². The maximum Gasteiger partial charge on any atom is 0.229 e. The van der Waals surface area contributed by atoms with Gasteiger partial charge in [0.1, 0.15) is 35.4 Å². The molecule has 2 aromatic heterocycles. The minimum Gasteiger partial charge on any atom is -0.488 e. The number of allylic oxidation sites excluding steroid dienone is 2. The maximum atomic E-state index is 10.5. The second kappa shape index (κ2) is 9.00. The lowest BCUT2D eigenvalue weighted by molar-refractivity contribution is -0.112. The number of nitrogens with zero attached hydrogens (tertiary/aromatic N) is 4. The number of nitriles is 1. The van der Waals surface area contributed by atoms with Crippen LogP contribution in [0.4, 0.5) is 5.95 Å². The standard InChI is InChI=1S/C24H29N5O5/c1-24(2,30)15-4-5-18(20(7-15)34-17-10-32-11-17)27-23-26-9-14-6-16(8-25)29(22(14)28-23)19-12-33-13-21(19)31-3/h4-6,9,15,17,19,21,30H,7,10-13H2,1-3H3,(H,26,27,28)/t15?,19-,21-/m1/s1. The first-order chi connectivity index (χ1) is 16.4. The lowest BCUT2D eigenvalue weighted by Crippen LogP contribution is -2.38. The second-order valence-electron chi connectivity index (χ2n) is 9.43. The zero-order valence-electron chi connectivity index (χ0n) is 19.5. The van der Waals surface area contributed by atoms with Gasteiger partial charge < -0.3 is 33.9 Å². The Bertz CT molecular complexity index is 1170. The van der Waals surface area contributed by atoms with Gasteiger partial charge in [-0.15, -0.1) is 0 Å². The Morgan fingerprint density at radius 3 is 2.74 bits per heavy atom. The summed E-state index contributed by atoms with van der Waals surface area (Å²) in [6.45, 7) is 5.59. The van der Waals surface area contributed by atoms with E-state index in [9.17, 15) is 10.4 Å². The largest absolute Gasteiger partial charge is 0.488 e. The van der Waals surface area contributed by atoms with Crippen molar-refractivity contribution < 1.29 is 24.1 Å². The number of fused-ring (bicyclic) bond motifs is 1. The van der Waals surface area contributed by atoms with Crippen LogP contribution >= 0.6 is 0 Å². The molecule has 2 fully saturated rings. The summed E-state index contributed by atoms with van der Waals surface area (Å²) >= 11 is 0. The van der Waals surface area contributed by atoms with Crippen molar-refractivity contribution in [2.24, 2.45) is 5.92 Å². The normalized spacial score (nSPS) is 25.4. The SMILES string of the molecule is CO[C@@H]1COC[C@H]1n1c(C#N)cc2cnc(NC3=C(OC4COC4)CC(C(C)(C)O)C=C3)nc21. The summed E-state index contributed by atoms with van der Waals surface area (Å²) in [5, 5.41) is 24.3. The van der Waals surface area contributed by atoms with Gasteiger partial charge in [-0.3, -0.25) is 0 Å². The van der Waals surface area contributed by atoms with E-state index in [0.717, 1.165) is 16.8 Å². The van der Waals surface area contributed by atoms with Gasteiger partial charge >= 0.3 is 0 Å². The van der Waals surface area contributed by atoms with Crippen molar-refractivity contribution in [1.29, 1.82) is 5.26 Å². The molecule has 0 bridgehead atoms. The second-order valence-corrected chi connectivity index (χ2v) is 9.43. The van der Waals surface area contributed by atoms with Crippen molar-refractivity contribution in [2.75, 3.05) is 38.9 Å². The van der Waals surface area contributed by atoms with Crippen LogP contribution in [-0.2, 0) is 18.9 Å². The number of nitrogens with one attached hydrogen (secondary N) is 1. The maximum absolute atomic E-state index is 10.5. The fourth-order valence-electron chi connectivity index (χ4n) is 4.47. The van der Waals surface area contributed by atoms with Crippen LogP contribution in [0.5, 0.6) is 0 Å². The Morgan fingerprint density at radius 1 is 1.26 bits per heavy atom. The van der Waals surface area contributed by atoms with Crippen molar-refractivity contribution in [3.05, 3.63) is 41.6 Å². The minimum absolute atomic E-state index is 0.00656. The van der Waals surface area contributed by atoms with Gasteiger partial charge in [-0.25, -0.2) is 4.98 Å². The number of methoxy groups -OCH3 is 1. The van der Waals surface area contributed by atoms with Crippen LogP contribution < -0.4 is 5.32 Å². The molecule has 10 heteroatoms. The molecule has 3 atom stereocenters. The Morgan fingerprint density at radius 2 is 2.06 bits per heavy atom. The molecule has 0 amide bonds. The van der Waals surface area contributed by atoms with Crippen LogP contribution in [0.25, 0.3) is 11.0 Å². The lowest BCUT2D eigenvalue weighted by atomic mass is 9.84. The highest BCUT2D eigenvalue weighted by atomic mass is 16.6. The predicted molar refractivity (Wildman–Crippen MR) is 123 cm³/mol. The summed E-state index contributed by atoms with van der Waals surface area (Å²) in [5.74, 6) is 1.04. The van der Waals surface area contributed by atoms with E-state index in [0.29, 0.717) is 50.1 Å². The first kappa shape index (κ1) is 22.8. The molecule has 0 aromatic carbocycles. The van der Waals surface area contributed by atoms with E-state index < -0.39 is 5.60 Å². The fraction of sp³-hybridized carbons (Fsp3) is 0.542. The van der Waals surface area contributed by atoms with Crippen molar-refractivity contribution in [3.63, 3.8) is 0 Å². The highest BCUT2D eigenvalue weighted by Gasteiger charge is 2.34. The third-order valence-corrected chi connectivity index (χ3v) is 6.60. The van der Waals surface area contributed by atoms with Gasteiger partial charge in [-0.05, 0) is 26.0 Å². The smallest absolute Gasteiger partial charge is 0.229 e. The molecule has 2 aromatic rings. The topological polar surface area (TPSA) is 124 Å². The highest BCUT2D eigenvalue weighted by molar-refractivity contribution is 5.79. The molecule has 0 spiro atoms. The first-order valence-corrected chi connectivity index (χ1v) is 11.4. The third kappa shape index (κ3) is 4.28. The molecule has 2 aliphatic heterocycles. The van der Waals surface area contributed by atoms with E-state index in [1.165, 1.54) is 0 Å². The number of aromatic nitrogens is 3. The van der Waals surface area contributed by atoms with Crippen LogP contribution in [0.3, 0.4) is 0 Å². The van der Waals surface area contributed by atoms with E-state index in [4.69, 9.17) is 23.9 Å². The van der Waals surface area contributed by atoms with Gasteiger partial charge in [0.25, 0.3) is 0 Å². The molecule has 1 unspecified atom stereocenters. The van der Waals surface area contributed by atoms with Crippen LogP contribution in [0.15, 0.2) is 35.9 Å². The first-order valence-electron chi connectivity index (χ1n) is 11.4. The average molecular weight is 468 g/mol. The number of hydrogen-bond donors (Lipinski definition) is 2. The molecule has 5 rings (SSSR count). The summed E-state index contributed by atoms with van der Waals surface area (Å²) in [6.07, 6.45) is 5.95. The monoisotopic (exact) mass is 467 g/mol. The van der Waals surface area contributed by atoms with Gasteiger partial charge in [0.2, 0.25) is 5.95 Å². The van der Waals surface area contributed by atoms with Gasteiger partial charge in [0.05, 0.1) is 43.8 Å². The fourth-order valence-corrected chi connectivity index (χ4v) is 4.47. The van der Waals surface area contributed by atoms with E-state index in [1.807, 2.05) is 16.7 Å². The van der Waals surface area contributed by atoms with Crippen molar-refractivity contribution in [3.8, 4) is 6.07 Å². The van der Waals surface area contributed by atoms with E-state index in [2.05, 4.69) is 16.4 Å². The number of ether oxygens (including phenoxy) is 4.